The second kappa shape index (κ2) is 10.1. The van der Waals surface area contributed by atoms with E-state index in [0.29, 0.717) is 17.9 Å². The number of aliphatic hydroxyl groups excluding tert-OH is 1. The highest BCUT2D eigenvalue weighted by Crippen LogP contribution is 2.22. The number of nitrogens with zero attached hydrogens (tertiary/aromatic N) is 1. The fourth-order valence-corrected chi connectivity index (χ4v) is 4.00. The van der Waals surface area contributed by atoms with Crippen molar-refractivity contribution in [2.45, 2.75) is 56.8 Å². The zero-order chi connectivity index (χ0) is 19.1. The van der Waals surface area contributed by atoms with Crippen LogP contribution in [0.1, 0.15) is 48.9 Å². The number of rotatable bonds is 7. The molecular formula is C21H32N2O4. The van der Waals surface area contributed by atoms with Gasteiger partial charge >= 0.3 is 0 Å². The molecule has 0 radical (unpaired) electrons. The predicted molar refractivity (Wildman–Crippen MR) is 104 cm³/mol. The van der Waals surface area contributed by atoms with E-state index in [1.54, 1.807) is 19.2 Å². The first-order valence-electron chi connectivity index (χ1n) is 10.1. The highest BCUT2D eigenvalue weighted by Gasteiger charge is 2.31. The van der Waals surface area contributed by atoms with Crippen LogP contribution < -0.4 is 10.1 Å². The van der Waals surface area contributed by atoms with Gasteiger partial charge in [0.15, 0.2) is 0 Å². The van der Waals surface area contributed by atoms with Crippen molar-refractivity contribution in [1.29, 1.82) is 0 Å². The number of aliphatic hydroxyl groups is 1. The predicted octanol–water partition coefficient (Wildman–Crippen LogP) is 2.21. The molecule has 1 saturated carbocycles. The molecule has 0 bridgehead atoms. The molecule has 1 aliphatic heterocycles. The lowest BCUT2D eigenvalue weighted by atomic mass is 10.0. The molecular weight excluding hydrogens is 344 g/mol. The number of likely N-dealkylation sites (tertiary alicyclic amines) is 1. The smallest absolute Gasteiger partial charge is 0.251 e. The van der Waals surface area contributed by atoms with Crippen LogP contribution in [-0.2, 0) is 4.74 Å². The van der Waals surface area contributed by atoms with Gasteiger partial charge in [0.25, 0.3) is 5.91 Å². The van der Waals surface area contributed by atoms with Gasteiger partial charge in [-0.25, -0.2) is 0 Å². The largest absolute Gasteiger partial charge is 0.492 e. The molecule has 0 unspecified atom stereocenters. The van der Waals surface area contributed by atoms with Crippen molar-refractivity contribution >= 4 is 5.91 Å². The Morgan fingerprint density at radius 2 is 2.00 bits per heavy atom. The zero-order valence-corrected chi connectivity index (χ0v) is 16.2. The maximum absolute atomic E-state index is 12.7. The maximum Gasteiger partial charge on any atom is 0.251 e. The van der Waals surface area contributed by atoms with E-state index in [0.717, 1.165) is 45.3 Å². The molecule has 3 atom stereocenters. The Hall–Kier alpha value is -1.63. The van der Waals surface area contributed by atoms with Crippen LogP contribution in [0.4, 0.5) is 0 Å². The van der Waals surface area contributed by atoms with E-state index in [1.165, 1.54) is 12.8 Å². The van der Waals surface area contributed by atoms with Crippen LogP contribution in [0.2, 0.25) is 0 Å². The number of amides is 1. The number of carbonyl (C=O) groups is 1. The molecule has 1 aromatic rings. The van der Waals surface area contributed by atoms with Crippen LogP contribution in [0.25, 0.3) is 0 Å². The van der Waals surface area contributed by atoms with Crippen molar-refractivity contribution < 1.29 is 19.4 Å². The summed E-state index contributed by atoms with van der Waals surface area (Å²) in [6.45, 7) is 3.85. The van der Waals surface area contributed by atoms with Crippen molar-refractivity contribution in [3.63, 3.8) is 0 Å². The van der Waals surface area contributed by atoms with E-state index in [4.69, 9.17) is 9.47 Å². The molecule has 2 aliphatic rings. The number of hydrogen-bond acceptors (Lipinski definition) is 5. The topological polar surface area (TPSA) is 71.0 Å². The minimum Gasteiger partial charge on any atom is -0.492 e. The lowest BCUT2D eigenvalue weighted by molar-refractivity contribution is -0.0277. The summed E-state index contributed by atoms with van der Waals surface area (Å²) in [6.07, 6.45) is 5.20. The summed E-state index contributed by atoms with van der Waals surface area (Å²) in [7, 11) is 1.61. The quantitative estimate of drug-likeness (QED) is 0.714. The van der Waals surface area contributed by atoms with Gasteiger partial charge in [-0.1, -0.05) is 18.9 Å². The molecule has 6 heteroatoms. The van der Waals surface area contributed by atoms with Gasteiger partial charge in [-0.05, 0) is 57.0 Å². The van der Waals surface area contributed by atoms with Crippen LogP contribution in [-0.4, -0.2) is 67.5 Å². The van der Waals surface area contributed by atoms with Crippen LogP contribution >= 0.6 is 0 Å². The first-order chi connectivity index (χ1) is 13.2. The maximum atomic E-state index is 12.7. The van der Waals surface area contributed by atoms with Crippen molar-refractivity contribution in [2.75, 3.05) is 33.4 Å². The van der Waals surface area contributed by atoms with Crippen molar-refractivity contribution in [2.24, 2.45) is 0 Å². The molecule has 2 N–H and O–H groups in total. The minimum absolute atomic E-state index is 0.180. The van der Waals surface area contributed by atoms with Gasteiger partial charge in [0.2, 0.25) is 0 Å². The van der Waals surface area contributed by atoms with Crippen LogP contribution in [0.5, 0.6) is 5.75 Å². The number of carbonyl (C=O) groups excluding carboxylic acids is 1. The normalized spacial score (nSPS) is 26.5. The minimum atomic E-state index is -0.679. The lowest BCUT2D eigenvalue weighted by Gasteiger charge is -2.27. The molecule has 0 aromatic heterocycles. The van der Waals surface area contributed by atoms with E-state index < -0.39 is 6.10 Å². The van der Waals surface area contributed by atoms with Crippen molar-refractivity contribution in [3.05, 3.63) is 29.8 Å². The molecule has 2 fully saturated rings. The first-order valence-corrected chi connectivity index (χ1v) is 10.1. The molecule has 6 nitrogen and oxygen atoms in total. The standard InChI is InChI=1S/C21H32N2O4/c1-26-19-10-3-2-9-18(20(19)24)22-21(25)16-7-6-8-17(15-16)27-14-13-23-11-4-5-12-23/h6-8,15,18-20,24H,2-5,9-14H2,1H3,(H,22,25)/t18-,19-,20-/m1/s1. The Morgan fingerprint density at radius 1 is 1.22 bits per heavy atom. The summed E-state index contributed by atoms with van der Waals surface area (Å²) < 4.78 is 11.2. The van der Waals surface area contributed by atoms with Crippen LogP contribution in [0.3, 0.4) is 0 Å². The molecule has 1 amide bonds. The van der Waals surface area contributed by atoms with E-state index >= 15 is 0 Å². The van der Waals surface area contributed by atoms with Gasteiger partial charge in [0, 0.05) is 19.2 Å². The van der Waals surface area contributed by atoms with Crippen LogP contribution in [0, 0.1) is 0 Å². The molecule has 0 spiro atoms. The van der Waals surface area contributed by atoms with E-state index in [-0.39, 0.29) is 18.1 Å². The third-order valence-corrected chi connectivity index (χ3v) is 5.64. The van der Waals surface area contributed by atoms with Gasteiger partial charge < -0.3 is 19.9 Å². The van der Waals surface area contributed by atoms with E-state index in [1.807, 2.05) is 12.1 Å². The van der Waals surface area contributed by atoms with Gasteiger partial charge in [0.05, 0.1) is 12.1 Å². The van der Waals surface area contributed by atoms with Crippen molar-refractivity contribution in [3.8, 4) is 5.75 Å². The van der Waals surface area contributed by atoms with Crippen molar-refractivity contribution in [1.82, 2.24) is 10.2 Å². The number of benzene rings is 1. The molecule has 1 heterocycles. The van der Waals surface area contributed by atoms with Gasteiger partial charge in [-0.15, -0.1) is 0 Å². The summed E-state index contributed by atoms with van der Waals surface area (Å²) in [5, 5.41) is 13.5. The molecule has 3 rings (SSSR count). The van der Waals surface area contributed by atoms with E-state index in [2.05, 4.69) is 10.2 Å². The number of nitrogens with one attached hydrogen (secondary N) is 1. The van der Waals surface area contributed by atoms with E-state index in [9.17, 15) is 9.90 Å². The van der Waals surface area contributed by atoms with Crippen LogP contribution in [0.15, 0.2) is 24.3 Å². The van der Waals surface area contributed by atoms with Gasteiger partial charge in [-0.2, -0.15) is 0 Å². The summed E-state index contributed by atoms with van der Waals surface area (Å²) in [5.41, 5.74) is 0.555. The SMILES string of the molecule is CO[C@@H]1CCCC[C@@H](NC(=O)c2cccc(OCCN3CCCC3)c2)[C@H]1O. The Labute approximate surface area is 161 Å². The Morgan fingerprint density at radius 3 is 2.78 bits per heavy atom. The Balaban J connectivity index is 1.54. The average Bonchev–Trinajstić information content (AvgIpc) is 3.14. The zero-order valence-electron chi connectivity index (χ0n) is 16.2. The fourth-order valence-electron chi connectivity index (χ4n) is 4.00. The summed E-state index contributed by atoms with van der Waals surface area (Å²) in [6, 6.07) is 6.98. The second-order valence-corrected chi connectivity index (χ2v) is 7.55. The molecule has 1 saturated heterocycles. The van der Waals surface area contributed by atoms with Gasteiger partial charge in [0.1, 0.15) is 18.5 Å². The molecule has 150 valence electrons. The number of hydrogen-bond donors (Lipinski definition) is 2. The molecule has 27 heavy (non-hydrogen) atoms. The highest BCUT2D eigenvalue weighted by atomic mass is 16.5. The first kappa shape index (κ1) is 20.1. The summed E-state index contributed by atoms with van der Waals surface area (Å²) in [5.74, 6) is 0.527. The fraction of sp³-hybridized carbons (Fsp3) is 0.667. The monoisotopic (exact) mass is 376 g/mol. The third kappa shape index (κ3) is 5.67. The van der Waals surface area contributed by atoms with Gasteiger partial charge in [-0.3, -0.25) is 9.69 Å². The molecule has 1 aromatic carbocycles. The highest BCUT2D eigenvalue weighted by molar-refractivity contribution is 5.94. The lowest BCUT2D eigenvalue weighted by Crippen LogP contribution is -2.48. The summed E-state index contributed by atoms with van der Waals surface area (Å²) >= 11 is 0. The Kier molecular flexibility index (Phi) is 7.50. The Bertz CT molecular complexity index is 604. The number of ether oxygens (including phenoxy) is 2. The average molecular weight is 376 g/mol. The number of methoxy groups -OCH3 is 1. The molecule has 1 aliphatic carbocycles. The summed E-state index contributed by atoms with van der Waals surface area (Å²) in [4.78, 5) is 15.1. The third-order valence-electron chi connectivity index (χ3n) is 5.64. The second-order valence-electron chi connectivity index (χ2n) is 7.55.